The van der Waals surface area contributed by atoms with Crippen LogP contribution in [-0.2, 0) is 28.7 Å². The standard InChI is InChI=1S/C21H21ClF3N5O3S/c22-16-10-14(9-15(11-16)21(23,24)25)13-33-20(31)30-5-3-29(4-6-30)7-8-34(32)17-1-2-18-19(12-17)27-28-26-18/h1-2,9-12H,3-8,13H2,(H,26,27,28)/t34-/m1/s1. The number of fused-ring (bicyclic) bond motifs is 1. The van der Waals surface area contributed by atoms with Gasteiger partial charge >= 0.3 is 12.3 Å². The van der Waals surface area contributed by atoms with E-state index in [9.17, 15) is 22.5 Å². The van der Waals surface area contributed by atoms with E-state index in [0.29, 0.717) is 48.9 Å². The van der Waals surface area contributed by atoms with E-state index >= 15 is 0 Å². The summed E-state index contributed by atoms with van der Waals surface area (Å²) >= 11 is 4.57. The number of carbonyl (C=O) groups is 1. The van der Waals surface area contributed by atoms with Gasteiger partial charge in [-0.25, -0.2) is 4.79 Å². The zero-order chi connectivity index (χ0) is 24.3. The van der Waals surface area contributed by atoms with Crippen molar-refractivity contribution in [3.63, 3.8) is 0 Å². The van der Waals surface area contributed by atoms with Gasteiger partial charge in [-0.1, -0.05) is 16.8 Å². The van der Waals surface area contributed by atoms with Gasteiger partial charge in [0.05, 0.1) is 11.1 Å². The highest BCUT2D eigenvalue weighted by Gasteiger charge is 2.31. The van der Waals surface area contributed by atoms with E-state index in [0.717, 1.165) is 17.6 Å². The van der Waals surface area contributed by atoms with Crippen LogP contribution in [0.3, 0.4) is 0 Å². The van der Waals surface area contributed by atoms with E-state index in [1.165, 1.54) is 11.0 Å². The molecule has 1 aliphatic rings. The highest BCUT2D eigenvalue weighted by Crippen LogP contribution is 2.32. The Labute approximate surface area is 201 Å². The Kier molecular flexibility index (Phi) is 7.51. The molecule has 0 unspecified atom stereocenters. The molecule has 34 heavy (non-hydrogen) atoms. The van der Waals surface area contributed by atoms with Crippen LogP contribution in [0, 0.1) is 0 Å². The number of halogens is 4. The number of piperazine rings is 1. The molecule has 0 aliphatic carbocycles. The van der Waals surface area contributed by atoms with Crippen LogP contribution < -0.4 is 0 Å². The van der Waals surface area contributed by atoms with Gasteiger partial charge in [0, 0.05) is 43.8 Å². The van der Waals surface area contributed by atoms with Gasteiger partial charge in [-0.2, -0.15) is 13.2 Å². The van der Waals surface area contributed by atoms with Crippen LogP contribution in [0.2, 0.25) is 5.02 Å². The lowest BCUT2D eigenvalue weighted by Gasteiger charge is -2.33. The number of carbonyl (C=O) groups excluding carboxylic acids is 1. The summed E-state index contributed by atoms with van der Waals surface area (Å²) in [5, 5.41) is 10.3. The van der Waals surface area contributed by atoms with Crippen LogP contribution in [0.1, 0.15) is 11.1 Å². The van der Waals surface area contributed by atoms with Crippen molar-refractivity contribution >= 4 is 39.9 Å². The summed E-state index contributed by atoms with van der Waals surface area (Å²) in [6.07, 6.45) is -5.13. The Bertz CT molecular complexity index is 1150. The predicted molar refractivity (Wildman–Crippen MR) is 120 cm³/mol. The summed E-state index contributed by atoms with van der Waals surface area (Å²) in [7, 11) is 0. The van der Waals surface area contributed by atoms with Crippen molar-refractivity contribution in [2.75, 3.05) is 38.5 Å². The second-order valence-electron chi connectivity index (χ2n) is 7.77. The van der Waals surface area contributed by atoms with E-state index in [-0.39, 0.29) is 17.2 Å². The normalized spacial score (nSPS) is 16.1. The fraction of sp³-hybridized carbons (Fsp3) is 0.381. The fourth-order valence-corrected chi connectivity index (χ4v) is 4.97. The summed E-state index contributed by atoms with van der Waals surface area (Å²) in [6, 6.07) is 8.39. The Morgan fingerprint density at radius 2 is 1.94 bits per heavy atom. The first-order valence-corrected chi connectivity index (χ1v) is 12.1. The van der Waals surface area contributed by atoms with Gasteiger partial charge in [-0.15, -0.1) is 5.10 Å². The number of alkyl halides is 3. The minimum absolute atomic E-state index is 0.0759. The minimum Gasteiger partial charge on any atom is -0.611 e. The molecule has 0 radical (unpaired) electrons. The lowest BCUT2D eigenvalue weighted by atomic mass is 10.1. The number of hydrogen-bond acceptors (Lipinski definition) is 6. The van der Waals surface area contributed by atoms with Crippen molar-refractivity contribution in [3.05, 3.63) is 52.5 Å². The number of rotatable bonds is 6. The van der Waals surface area contributed by atoms with Gasteiger partial charge in [0.1, 0.15) is 17.9 Å². The van der Waals surface area contributed by atoms with Gasteiger partial charge in [-0.3, -0.25) is 10.00 Å². The third-order valence-corrected chi connectivity index (χ3v) is 6.98. The van der Waals surface area contributed by atoms with Crippen molar-refractivity contribution in [3.8, 4) is 0 Å². The van der Waals surface area contributed by atoms with Gasteiger partial charge in [0.25, 0.3) is 0 Å². The van der Waals surface area contributed by atoms with Crippen molar-refractivity contribution in [2.24, 2.45) is 0 Å². The zero-order valence-electron chi connectivity index (χ0n) is 17.8. The maximum atomic E-state index is 12.9. The lowest BCUT2D eigenvalue weighted by Crippen LogP contribution is -2.49. The molecule has 1 saturated heterocycles. The van der Waals surface area contributed by atoms with Crippen molar-refractivity contribution < 1.29 is 27.3 Å². The number of H-pyrrole nitrogens is 1. The van der Waals surface area contributed by atoms with Crippen molar-refractivity contribution in [2.45, 2.75) is 17.7 Å². The Morgan fingerprint density at radius 3 is 2.68 bits per heavy atom. The van der Waals surface area contributed by atoms with Crippen LogP contribution in [0.5, 0.6) is 0 Å². The molecule has 4 rings (SSSR count). The van der Waals surface area contributed by atoms with Crippen LogP contribution in [0.25, 0.3) is 11.0 Å². The molecule has 13 heteroatoms. The maximum absolute atomic E-state index is 12.9. The molecule has 1 amide bonds. The molecule has 1 aromatic heterocycles. The second-order valence-corrected chi connectivity index (χ2v) is 9.78. The summed E-state index contributed by atoms with van der Waals surface area (Å²) in [5.74, 6) is 0.438. The molecule has 0 bridgehead atoms. The smallest absolute Gasteiger partial charge is 0.416 e. The largest absolute Gasteiger partial charge is 0.611 e. The van der Waals surface area contributed by atoms with Crippen LogP contribution in [0.15, 0.2) is 41.3 Å². The molecule has 1 fully saturated rings. The summed E-state index contributed by atoms with van der Waals surface area (Å²) in [5.41, 5.74) is 0.710. The van der Waals surface area contributed by atoms with E-state index in [2.05, 4.69) is 20.3 Å². The molecule has 8 nitrogen and oxygen atoms in total. The molecule has 3 aromatic rings. The average Bonchev–Trinajstić information content (AvgIpc) is 3.28. The quantitative estimate of drug-likeness (QED) is 0.503. The molecule has 2 aromatic carbocycles. The average molecular weight is 516 g/mol. The Balaban J connectivity index is 1.22. The maximum Gasteiger partial charge on any atom is 0.416 e. The van der Waals surface area contributed by atoms with Crippen LogP contribution in [-0.4, -0.2) is 74.3 Å². The third kappa shape index (κ3) is 6.12. The van der Waals surface area contributed by atoms with E-state index < -0.39 is 29.0 Å². The summed E-state index contributed by atoms with van der Waals surface area (Å²) in [6.45, 7) is 2.24. The molecular weight excluding hydrogens is 495 g/mol. The first kappa shape index (κ1) is 24.6. The second kappa shape index (κ2) is 10.4. The lowest BCUT2D eigenvalue weighted by molar-refractivity contribution is -0.137. The van der Waals surface area contributed by atoms with Crippen LogP contribution in [0.4, 0.5) is 18.0 Å². The number of nitrogens with zero attached hydrogens (tertiary/aromatic N) is 4. The Hall–Kier alpha value is -2.54. The predicted octanol–water partition coefficient (Wildman–Crippen LogP) is 3.69. The monoisotopic (exact) mass is 515 g/mol. The number of benzene rings is 2. The first-order chi connectivity index (χ1) is 16.2. The summed E-state index contributed by atoms with van der Waals surface area (Å²) in [4.78, 5) is 16.6. The number of hydrogen-bond donors (Lipinski definition) is 1. The van der Waals surface area contributed by atoms with Gasteiger partial charge in [0.15, 0.2) is 4.90 Å². The number of aromatic amines is 1. The molecule has 1 aliphatic heterocycles. The van der Waals surface area contributed by atoms with E-state index in [1.807, 2.05) is 0 Å². The van der Waals surface area contributed by atoms with E-state index in [4.69, 9.17) is 16.3 Å². The van der Waals surface area contributed by atoms with Crippen LogP contribution >= 0.6 is 11.6 Å². The van der Waals surface area contributed by atoms with Gasteiger partial charge in [-0.05, 0) is 47.1 Å². The SMILES string of the molecule is O=C(OCc1cc(Cl)cc(C(F)(F)F)c1)N1CCN(CC[S@@+]([O-])c2ccc3nn[nH]c3c2)CC1. The van der Waals surface area contributed by atoms with Gasteiger partial charge in [0.2, 0.25) is 0 Å². The number of amides is 1. The molecule has 0 saturated carbocycles. The number of aromatic nitrogens is 3. The highest BCUT2D eigenvalue weighted by molar-refractivity contribution is 7.91. The molecule has 2 heterocycles. The van der Waals surface area contributed by atoms with Gasteiger partial charge < -0.3 is 14.2 Å². The molecule has 1 N–H and O–H groups in total. The third-order valence-electron chi connectivity index (χ3n) is 5.43. The first-order valence-electron chi connectivity index (χ1n) is 10.4. The number of ether oxygens (including phenoxy) is 1. The molecule has 1 atom stereocenters. The summed E-state index contributed by atoms with van der Waals surface area (Å²) < 4.78 is 56.6. The van der Waals surface area contributed by atoms with E-state index in [1.54, 1.807) is 18.2 Å². The molecular formula is C21H21ClF3N5O3S. The fourth-order valence-electron chi connectivity index (χ4n) is 3.58. The topological polar surface area (TPSA) is 97.4 Å². The van der Waals surface area contributed by atoms with Crippen molar-refractivity contribution in [1.29, 1.82) is 0 Å². The van der Waals surface area contributed by atoms with Crippen molar-refractivity contribution in [1.82, 2.24) is 25.2 Å². The molecule has 0 spiro atoms. The zero-order valence-corrected chi connectivity index (χ0v) is 19.4. The minimum atomic E-state index is -4.54. The Morgan fingerprint density at radius 1 is 1.18 bits per heavy atom. The number of nitrogens with one attached hydrogen (secondary N) is 1. The highest BCUT2D eigenvalue weighted by atomic mass is 35.5. The molecule has 182 valence electrons.